The van der Waals surface area contributed by atoms with Crippen molar-refractivity contribution >= 4 is 11.6 Å². The molecule has 5 heteroatoms. The third-order valence-corrected chi connectivity index (χ3v) is 7.03. The molecule has 0 aromatic heterocycles. The van der Waals surface area contributed by atoms with E-state index in [9.17, 15) is 9.90 Å². The zero-order valence-electron chi connectivity index (χ0n) is 22.4. The SMILES string of the molecule is COCCC[C@H]1CN(CC(=O)c2cc(C(C)(C)C)c(O)c(C(C)(C)C)c2)C(=N)[C@@H]1c1ccccc1. The fraction of sp³-hybridized carbons (Fsp3) is 0.533. The number of methoxy groups -OCH3 is 1. The summed E-state index contributed by atoms with van der Waals surface area (Å²) in [6.07, 6.45) is 1.88. The van der Waals surface area contributed by atoms with Crippen LogP contribution in [0.1, 0.15) is 87.4 Å². The topological polar surface area (TPSA) is 73.6 Å². The van der Waals surface area contributed by atoms with Gasteiger partial charge >= 0.3 is 0 Å². The molecule has 1 aliphatic rings. The normalized spacial score (nSPS) is 18.8. The average Bonchev–Trinajstić information content (AvgIpc) is 3.07. The maximum absolute atomic E-state index is 13.6. The number of nitrogens with zero attached hydrogens (tertiary/aromatic N) is 1. The quantitative estimate of drug-likeness (QED) is 0.345. The van der Waals surface area contributed by atoms with Crippen LogP contribution in [0.25, 0.3) is 0 Å². The predicted molar refractivity (Wildman–Crippen MR) is 143 cm³/mol. The van der Waals surface area contributed by atoms with Gasteiger partial charge in [0.2, 0.25) is 0 Å². The highest BCUT2D eigenvalue weighted by Crippen LogP contribution is 2.41. The molecule has 1 aliphatic heterocycles. The van der Waals surface area contributed by atoms with Crippen molar-refractivity contribution in [3.05, 3.63) is 64.7 Å². The largest absolute Gasteiger partial charge is 0.507 e. The molecule has 5 nitrogen and oxygen atoms in total. The first kappa shape index (κ1) is 26.9. The van der Waals surface area contributed by atoms with E-state index >= 15 is 0 Å². The van der Waals surface area contributed by atoms with Crippen molar-refractivity contribution in [1.82, 2.24) is 4.90 Å². The van der Waals surface area contributed by atoms with Crippen molar-refractivity contribution in [2.45, 2.75) is 71.1 Å². The Balaban J connectivity index is 1.91. The van der Waals surface area contributed by atoms with Gasteiger partial charge in [0.05, 0.1) is 6.54 Å². The van der Waals surface area contributed by atoms with Gasteiger partial charge in [0.15, 0.2) is 5.78 Å². The van der Waals surface area contributed by atoms with Crippen LogP contribution in [-0.4, -0.2) is 48.4 Å². The number of nitrogens with one attached hydrogen (secondary N) is 1. The number of phenolic OH excluding ortho intramolecular Hbond substituents is 1. The molecule has 0 bridgehead atoms. The number of phenols is 1. The Bertz CT molecular complexity index is 1010. The van der Waals surface area contributed by atoms with Crippen LogP contribution in [0.3, 0.4) is 0 Å². The van der Waals surface area contributed by atoms with Crippen LogP contribution >= 0.6 is 0 Å². The fourth-order valence-corrected chi connectivity index (χ4v) is 5.10. The summed E-state index contributed by atoms with van der Waals surface area (Å²) >= 11 is 0. The Morgan fingerprint density at radius 1 is 1.06 bits per heavy atom. The molecule has 3 rings (SSSR count). The molecule has 2 atom stereocenters. The molecule has 0 radical (unpaired) electrons. The highest BCUT2D eigenvalue weighted by atomic mass is 16.5. The number of ketones is 1. The highest BCUT2D eigenvalue weighted by Gasteiger charge is 2.39. The lowest BCUT2D eigenvalue weighted by atomic mass is 9.78. The number of likely N-dealkylation sites (tertiary alicyclic amines) is 1. The summed E-state index contributed by atoms with van der Waals surface area (Å²) in [6.45, 7) is 13.8. The zero-order chi connectivity index (χ0) is 26.0. The van der Waals surface area contributed by atoms with Crippen molar-refractivity contribution in [1.29, 1.82) is 5.41 Å². The van der Waals surface area contributed by atoms with Gasteiger partial charge in [-0.15, -0.1) is 0 Å². The number of hydrogen-bond acceptors (Lipinski definition) is 4. The molecule has 0 amide bonds. The third-order valence-electron chi connectivity index (χ3n) is 7.03. The Morgan fingerprint density at radius 2 is 1.63 bits per heavy atom. The molecule has 2 aromatic rings. The van der Waals surface area contributed by atoms with Crippen molar-refractivity contribution in [3.8, 4) is 5.75 Å². The van der Waals surface area contributed by atoms with Crippen LogP contribution in [0.5, 0.6) is 5.75 Å². The minimum absolute atomic E-state index is 0.0176. The molecule has 0 spiro atoms. The molecule has 1 saturated heterocycles. The molecule has 190 valence electrons. The van der Waals surface area contributed by atoms with E-state index in [0.29, 0.717) is 24.6 Å². The molecule has 0 saturated carbocycles. The number of benzene rings is 2. The van der Waals surface area contributed by atoms with E-state index in [0.717, 1.165) is 29.5 Å². The van der Waals surface area contributed by atoms with E-state index in [1.165, 1.54) is 0 Å². The number of aromatic hydroxyl groups is 1. The van der Waals surface area contributed by atoms with E-state index in [4.69, 9.17) is 10.1 Å². The Hall–Kier alpha value is -2.66. The van der Waals surface area contributed by atoms with Gasteiger partial charge in [0.25, 0.3) is 0 Å². The van der Waals surface area contributed by atoms with Gasteiger partial charge in [-0.3, -0.25) is 10.2 Å². The van der Waals surface area contributed by atoms with Crippen molar-refractivity contribution in [2.24, 2.45) is 5.92 Å². The zero-order valence-corrected chi connectivity index (χ0v) is 22.4. The lowest BCUT2D eigenvalue weighted by molar-refractivity contribution is 0.0962. The van der Waals surface area contributed by atoms with Gasteiger partial charge < -0.3 is 14.7 Å². The van der Waals surface area contributed by atoms with Crippen LogP contribution in [0.15, 0.2) is 42.5 Å². The van der Waals surface area contributed by atoms with E-state index in [1.807, 2.05) is 76.8 Å². The lowest BCUT2D eigenvalue weighted by Gasteiger charge is -2.28. The van der Waals surface area contributed by atoms with Gasteiger partial charge in [-0.2, -0.15) is 0 Å². The summed E-state index contributed by atoms with van der Waals surface area (Å²) in [7, 11) is 1.71. The summed E-state index contributed by atoms with van der Waals surface area (Å²) in [5.41, 5.74) is 2.69. The molecule has 2 N–H and O–H groups in total. The Morgan fingerprint density at radius 3 is 2.14 bits per heavy atom. The van der Waals surface area contributed by atoms with Crippen LogP contribution in [-0.2, 0) is 15.6 Å². The number of ether oxygens (including phenoxy) is 1. The summed E-state index contributed by atoms with van der Waals surface area (Å²) in [5.74, 6) is 1.02. The number of carbonyl (C=O) groups is 1. The highest BCUT2D eigenvalue weighted by molar-refractivity contribution is 6.01. The first-order chi connectivity index (χ1) is 16.3. The van der Waals surface area contributed by atoms with Crippen molar-refractivity contribution in [2.75, 3.05) is 26.8 Å². The van der Waals surface area contributed by atoms with Gasteiger partial charge in [-0.1, -0.05) is 71.9 Å². The fourth-order valence-electron chi connectivity index (χ4n) is 5.10. The summed E-state index contributed by atoms with van der Waals surface area (Å²) in [6, 6.07) is 13.9. The molecule has 0 aliphatic carbocycles. The number of hydrogen-bond donors (Lipinski definition) is 2. The maximum atomic E-state index is 13.6. The smallest absolute Gasteiger partial charge is 0.182 e. The third kappa shape index (κ3) is 6.13. The predicted octanol–water partition coefficient (Wildman–Crippen LogP) is 6.29. The maximum Gasteiger partial charge on any atom is 0.182 e. The average molecular weight is 479 g/mol. The van der Waals surface area contributed by atoms with E-state index < -0.39 is 0 Å². The van der Waals surface area contributed by atoms with Crippen molar-refractivity contribution in [3.63, 3.8) is 0 Å². The molecule has 0 unspecified atom stereocenters. The van der Waals surface area contributed by atoms with Gasteiger partial charge in [-0.05, 0) is 47.3 Å². The van der Waals surface area contributed by atoms with Crippen LogP contribution in [0.2, 0.25) is 0 Å². The van der Waals surface area contributed by atoms with E-state index in [-0.39, 0.29) is 40.7 Å². The summed E-state index contributed by atoms with van der Waals surface area (Å²) in [4.78, 5) is 15.5. The molecular weight excluding hydrogens is 436 g/mol. The minimum Gasteiger partial charge on any atom is -0.507 e. The van der Waals surface area contributed by atoms with Crippen LogP contribution < -0.4 is 0 Å². The number of Topliss-reactive ketones (excluding diaryl/α,β-unsaturated/α-hetero) is 1. The van der Waals surface area contributed by atoms with Crippen LogP contribution in [0.4, 0.5) is 0 Å². The molecular formula is C30H42N2O3. The molecule has 1 fully saturated rings. The Kier molecular flexibility index (Phi) is 8.10. The standard InChI is InChI=1S/C30H42N2O3/c1-29(2,3)23-16-22(17-24(27(23)34)30(4,5)6)25(33)19-32-18-21(14-11-15-35-7)26(28(32)31)20-12-9-8-10-13-20/h8-10,12-13,16-17,21,26,31,34H,11,14-15,18-19H2,1-7H3/t21-,26+/m0/s1. The van der Waals surface area contributed by atoms with Gasteiger partial charge in [-0.25, -0.2) is 0 Å². The summed E-state index contributed by atoms with van der Waals surface area (Å²) < 4.78 is 5.26. The first-order valence-corrected chi connectivity index (χ1v) is 12.6. The second kappa shape index (κ2) is 10.5. The van der Waals surface area contributed by atoms with E-state index in [1.54, 1.807) is 7.11 Å². The van der Waals surface area contributed by atoms with E-state index in [2.05, 4.69) is 12.1 Å². The molecule has 1 heterocycles. The second-order valence-electron chi connectivity index (χ2n) is 11.9. The number of carbonyl (C=O) groups excluding carboxylic acids is 1. The van der Waals surface area contributed by atoms with Crippen molar-refractivity contribution < 1.29 is 14.6 Å². The van der Waals surface area contributed by atoms with Gasteiger partial charge in [0.1, 0.15) is 11.6 Å². The number of rotatable bonds is 8. The lowest BCUT2D eigenvalue weighted by Crippen LogP contribution is -2.32. The minimum atomic E-state index is -0.300. The van der Waals surface area contributed by atoms with Crippen LogP contribution in [0, 0.1) is 11.3 Å². The van der Waals surface area contributed by atoms with Gasteiger partial charge in [0, 0.05) is 42.9 Å². The number of amidine groups is 1. The summed E-state index contributed by atoms with van der Waals surface area (Å²) in [5, 5.41) is 20.0. The second-order valence-corrected chi connectivity index (χ2v) is 11.9. The molecule has 2 aromatic carbocycles. The first-order valence-electron chi connectivity index (χ1n) is 12.6. The monoisotopic (exact) mass is 478 g/mol. The molecule has 35 heavy (non-hydrogen) atoms. The Labute approximate surface area is 211 Å².